The number of rotatable bonds is 9. The van der Waals surface area contributed by atoms with E-state index in [4.69, 9.17) is 9.57 Å². The van der Waals surface area contributed by atoms with Crippen molar-refractivity contribution in [1.29, 1.82) is 0 Å². The molecule has 4 amide bonds. The van der Waals surface area contributed by atoms with E-state index in [9.17, 15) is 28.8 Å². The van der Waals surface area contributed by atoms with Crippen molar-refractivity contribution in [3.8, 4) is 11.1 Å². The molecule has 4 rings (SSSR count). The zero-order chi connectivity index (χ0) is 27.2. The summed E-state index contributed by atoms with van der Waals surface area (Å²) in [6.45, 7) is 0.0442. The number of imide groups is 1. The molecule has 1 heterocycles. The molecule has 38 heavy (non-hydrogen) atoms. The summed E-state index contributed by atoms with van der Waals surface area (Å²) in [7, 11) is 1.53. The van der Waals surface area contributed by atoms with Crippen molar-refractivity contribution in [2.45, 2.75) is 25.2 Å². The van der Waals surface area contributed by atoms with Crippen LogP contribution in [0.2, 0.25) is 0 Å². The molecule has 0 bridgehead atoms. The molecule has 0 saturated carbocycles. The zero-order valence-corrected chi connectivity index (χ0v) is 20.5. The van der Waals surface area contributed by atoms with Gasteiger partial charge in [0.2, 0.25) is 11.8 Å². The van der Waals surface area contributed by atoms with E-state index in [1.54, 1.807) is 12.1 Å². The molecule has 2 aromatic rings. The SMILES string of the molecule is CN(CCC(=O)Nc1ccc2c(c1)C(COC(=O)ON1C(=O)CCC1=O)c1ccccc1-2)C(=O)/C=C\C=O. The smallest absolute Gasteiger partial charge is 0.432 e. The lowest BCUT2D eigenvalue weighted by Crippen LogP contribution is -2.32. The molecule has 0 aromatic heterocycles. The highest BCUT2D eigenvalue weighted by Crippen LogP contribution is 2.45. The molecular weight excluding hydrogens is 494 g/mol. The molecule has 1 saturated heterocycles. The van der Waals surface area contributed by atoms with Gasteiger partial charge in [-0.3, -0.25) is 28.8 Å². The minimum Gasteiger partial charge on any atom is -0.432 e. The van der Waals surface area contributed by atoms with Gasteiger partial charge in [-0.25, -0.2) is 4.79 Å². The number of nitrogens with zero attached hydrogens (tertiary/aromatic N) is 2. The number of hydroxylamine groups is 2. The molecule has 11 nitrogen and oxygen atoms in total. The summed E-state index contributed by atoms with van der Waals surface area (Å²) >= 11 is 0. The summed E-state index contributed by atoms with van der Waals surface area (Å²) in [5, 5.41) is 3.24. The maximum atomic E-state index is 12.5. The fraction of sp³-hybridized carbons (Fsp3) is 0.259. The van der Waals surface area contributed by atoms with Gasteiger partial charge in [-0.05, 0) is 40.5 Å². The summed E-state index contributed by atoms with van der Waals surface area (Å²) in [4.78, 5) is 76.5. The fourth-order valence-electron chi connectivity index (χ4n) is 4.33. The number of carbonyl (C=O) groups is 6. The van der Waals surface area contributed by atoms with E-state index in [2.05, 4.69) is 5.32 Å². The number of aldehydes is 1. The Hall–Kier alpha value is -4.80. The summed E-state index contributed by atoms with van der Waals surface area (Å²) < 4.78 is 5.28. The van der Waals surface area contributed by atoms with Gasteiger partial charge < -0.3 is 15.0 Å². The predicted molar refractivity (Wildman–Crippen MR) is 133 cm³/mol. The minimum atomic E-state index is -1.16. The monoisotopic (exact) mass is 519 g/mol. The van der Waals surface area contributed by atoms with Crippen molar-refractivity contribution >= 4 is 41.8 Å². The predicted octanol–water partition coefficient (Wildman–Crippen LogP) is 2.56. The molecule has 1 aliphatic heterocycles. The first-order valence-electron chi connectivity index (χ1n) is 11.9. The lowest BCUT2D eigenvalue weighted by atomic mass is 9.97. The number of hydrogen-bond acceptors (Lipinski definition) is 8. The third-order valence-corrected chi connectivity index (χ3v) is 6.24. The van der Waals surface area contributed by atoms with Crippen molar-refractivity contribution < 1.29 is 38.3 Å². The van der Waals surface area contributed by atoms with Crippen LogP contribution in [-0.2, 0) is 33.5 Å². The number of fused-ring (bicyclic) bond motifs is 3. The van der Waals surface area contributed by atoms with Crippen LogP contribution in [-0.4, -0.2) is 66.2 Å². The quantitative estimate of drug-likeness (QED) is 0.231. The van der Waals surface area contributed by atoms with Crippen molar-refractivity contribution in [3.63, 3.8) is 0 Å². The average Bonchev–Trinajstić information content (AvgIpc) is 3.40. The number of ether oxygens (including phenoxy) is 1. The van der Waals surface area contributed by atoms with Crippen molar-refractivity contribution in [3.05, 3.63) is 65.7 Å². The van der Waals surface area contributed by atoms with Crippen LogP contribution in [0.1, 0.15) is 36.3 Å². The zero-order valence-electron chi connectivity index (χ0n) is 20.5. The number of allylic oxidation sites excluding steroid dienone is 1. The third kappa shape index (κ3) is 5.77. The van der Waals surface area contributed by atoms with Crippen LogP contribution >= 0.6 is 0 Å². The fourth-order valence-corrected chi connectivity index (χ4v) is 4.33. The first kappa shape index (κ1) is 26.3. The molecule has 2 aromatic carbocycles. The second-order valence-electron chi connectivity index (χ2n) is 8.73. The highest BCUT2D eigenvalue weighted by atomic mass is 16.8. The van der Waals surface area contributed by atoms with Gasteiger partial charge in [0.05, 0.1) is 0 Å². The van der Waals surface area contributed by atoms with Gasteiger partial charge in [-0.15, -0.1) is 0 Å². The summed E-state index contributed by atoms with van der Waals surface area (Å²) in [5.74, 6) is -2.27. The van der Waals surface area contributed by atoms with Crippen molar-refractivity contribution in [2.24, 2.45) is 0 Å². The van der Waals surface area contributed by atoms with E-state index in [-0.39, 0.29) is 50.1 Å². The van der Waals surface area contributed by atoms with E-state index in [1.165, 1.54) is 11.9 Å². The number of carbonyl (C=O) groups excluding carboxylic acids is 6. The van der Waals surface area contributed by atoms with E-state index in [0.29, 0.717) is 17.0 Å². The molecule has 2 aliphatic rings. The lowest BCUT2D eigenvalue weighted by Gasteiger charge is -2.17. The van der Waals surface area contributed by atoms with Gasteiger partial charge in [-0.1, -0.05) is 35.4 Å². The van der Waals surface area contributed by atoms with Gasteiger partial charge in [0.1, 0.15) is 12.9 Å². The maximum Gasteiger partial charge on any atom is 0.533 e. The second-order valence-corrected chi connectivity index (χ2v) is 8.73. The standard InChI is InChI=1S/C27H25N3O8/c1-29(24(33)7-4-14-31)13-12-23(32)28-17-8-9-20-18-5-2-3-6-19(18)22(21(20)15-17)16-37-27(36)38-30-25(34)10-11-26(30)35/h2-9,14-15,22H,10-13,16H2,1H3,(H,28,32)/b7-4-. The molecule has 1 aliphatic carbocycles. The Morgan fingerprint density at radius 1 is 1.05 bits per heavy atom. The van der Waals surface area contributed by atoms with E-state index in [1.807, 2.05) is 30.3 Å². The first-order valence-corrected chi connectivity index (χ1v) is 11.9. The van der Waals surface area contributed by atoms with Crippen LogP contribution in [0, 0.1) is 0 Å². The third-order valence-electron chi connectivity index (χ3n) is 6.24. The summed E-state index contributed by atoms with van der Waals surface area (Å²) in [5.41, 5.74) is 4.12. The van der Waals surface area contributed by atoms with Gasteiger partial charge in [0, 0.05) is 50.5 Å². The summed E-state index contributed by atoms with van der Waals surface area (Å²) in [6.07, 6.45) is 1.56. The van der Waals surface area contributed by atoms with Crippen molar-refractivity contribution in [2.75, 3.05) is 25.5 Å². The van der Waals surface area contributed by atoms with Crippen LogP contribution < -0.4 is 5.32 Å². The Morgan fingerprint density at radius 2 is 1.76 bits per heavy atom. The lowest BCUT2D eigenvalue weighted by molar-refractivity contribution is -0.177. The van der Waals surface area contributed by atoms with Gasteiger partial charge in [0.25, 0.3) is 11.8 Å². The molecule has 0 radical (unpaired) electrons. The molecule has 1 N–H and O–H groups in total. The van der Waals surface area contributed by atoms with Gasteiger partial charge in [0.15, 0.2) is 0 Å². The van der Waals surface area contributed by atoms with Crippen LogP contribution in [0.4, 0.5) is 10.5 Å². The van der Waals surface area contributed by atoms with Gasteiger partial charge >= 0.3 is 6.16 Å². The Morgan fingerprint density at radius 3 is 2.50 bits per heavy atom. The molecule has 1 fully saturated rings. The van der Waals surface area contributed by atoms with Crippen LogP contribution in [0.15, 0.2) is 54.6 Å². The van der Waals surface area contributed by atoms with Crippen LogP contribution in [0.3, 0.4) is 0 Å². The number of nitrogens with one attached hydrogen (secondary N) is 1. The second kappa shape index (κ2) is 11.5. The Bertz CT molecular complexity index is 1320. The molecule has 11 heteroatoms. The molecule has 196 valence electrons. The maximum absolute atomic E-state index is 12.5. The summed E-state index contributed by atoms with van der Waals surface area (Å²) in [6, 6.07) is 13.0. The number of likely N-dealkylation sites (N-methyl/N-ethyl adjacent to an activating group) is 1. The van der Waals surface area contributed by atoms with Crippen molar-refractivity contribution in [1.82, 2.24) is 9.96 Å². The van der Waals surface area contributed by atoms with E-state index in [0.717, 1.165) is 34.4 Å². The molecule has 1 atom stereocenters. The highest BCUT2D eigenvalue weighted by Gasteiger charge is 2.35. The Labute approximate surface area is 217 Å². The number of amides is 4. The first-order chi connectivity index (χ1) is 18.3. The van der Waals surface area contributed by atoms with E-state index >= 15 is 0 Å². The minimum absolute atomic E-state index is 0.0200. The largest absolute Gasteiger partial charge is 0.533 e. The Balaban J connectivity index is 1.42. The topological polar surface area (TPSA) is 139 Å². The number of hydrogen-bond donors (Lipinski definition) is 1. The van der Waals surface area contributed by atoms with Crippen LogP contribution in [0.25, 0.3) is 11.1 Å². The number of benzene rings is 2. The average molecular weight is 520 g/mol. The highest BCUT2D eigenvalue weighted by molar-refractivity contribution is 6.01. The molecule has 0 spiro atoms. The molecular formula is C27H25N3O8. The molecule has 1 unspecified atom stereocenters. The van der Waals surface area contributed by atoms with Crippen LogP contribution in [0.5, 0.6) is 0 Å². The number of anilines is 1. The Kier molecular flexibility index (Phi) is 7.95. The van der Waals surface area contributed by atoms with E-state index < -0.39 is 18.0 Å². The van der Waals surface area contributed by atoms with Gasteiger partial charge in [-0.2, -0.15) is 0 Å². The normalized spacial score (nSPS) is 15.7.